The fourth-order valence-corrected chi connectivity index (χ4v) is 6.96. The summed E-state index contributed by atoms with van der Waals surface area (Å²) in [6.45, 7) is 1.83. The van der Waals surface area contributed by atoms with Crippen molar-refractivity contribution in [1.82, 2.24) is 9.62 Å². The van der Waals surface area contributed by atoms with Crippen molar-refractivity contribution in [1.29, 1.82) is 0 Å². The second-order valence-corrected chi connectivity index (χ2v) is 11.4. The van der Waals surface area contributed by atoms with E-state index in [1.165, 1.54) is 25.7 Å². The predicted molar refractivity (Wildman–Crippen MR) is 122 cm³/mol. The minimum absolute atomic E-state index is 0.00614. The van der Waals surface area contributed by atoms with Crippen LogP contribution in [0.2, 0.25) is 0 Å². The van der Waals surface area contributed by atoms with E-state index in [2.05, 4.69) is 5.32 Å². The third-order valence-corrected chi connectivity index (χ3v) is 9.18. The maximum atomic E-state index is 13.0. The number of sulfonamides is 1. The molecule has 0 aromatic heterocycles. The molecule has 1 heterocycles. The van der Waals surface area contributed by atoms with Gasteiger partial charge in [-0.3, -0.25) is 4.79 Å². The highest BCUT2D eigenvalue weighted by molar-refractivity contribution is 7.99. The van der Waals surface area contributed by atoms with Gasteiger partial charge in [0.25, 0.3) is 0 Å². The number of hydrogen-bond acceptors (Lipinski definition) is 5. The van der Waals surface area contributed by atoms with Gasteiger partial charge in [-0.2, -0.15) is 16.1 Å². The molecule has 2 aliphatic rings. The summed E-state index contributed by atoms with van der Waals surface area (Å²) in [6.07, 6.45) is 8.92. The average molecular weight is 455 g/mol. The summed E-state index contributed by atoms with van der Waals surface area (Å²) in [6, 6.07) is 4.97. The lowest BCUT2D eigenvalue weighted by Gasteiger charge is -2.26. The van der Waals surface area contributed by atoms with Gasteiger partial charge in [0.15, 0.2) is 0 Å². The number of ether oxygens (including phenoxy) is 1. The first-order valence-electron chi connectivity index (χ1n) is 11.1. The second-order valence-electron chi connectivity index (χ2n) is 8.07. The van der Waals surface area contributed by atoms with Crippen LogP contribution in [-0.4, -0.2) is 56.4 Å². The number of hydrogen-bond donors (Lipinski definition) is 1. The van der Waals surface area contributed by atoms with E-state index in [0.29, 0.717) is 38.2 Å². The summed E-state index contributed by atoms with van der Waals surface area (Å²) >= 11 is 1.96. The van der Waals surface area contributed by atoms with Crippen LogP contribution in [0.25, 0.3) is 0 Å². The average Bonchev–Trinajstić information content (AvgIpc) is 3.29. The van der Waals surface area contributed by atoms with Gasteiger partial charge < -0.3 is 10.1 Å². The van der Waals surface area contributed by atoms with E-state index in [-0.39, 0.29) is 10.8 Å². The number of nitrogens with zero attached hydrogens (tertiary/aromatic N) is 1. The molecule has 30 heavy (non-hydrogen) atoms. The Morgan fingerprint density at radius 1 is 1.17 bits per heavy atom. The minimum Gasteiger partial charge on any atom is -0.496 e. The molecule has 6 nitrogen and oxygen atoms in total. The molecular weight excluding hydrogens is 420 g/mol. The van der Waals surface area contributed by atoms with E-state index >= 15 is 0 Å². The van der Waals surface area contributed by atoms with Crippen LogP contribution in [0.5, 0.6) is 5.75 Å². The van der Waals surface area contributed by atoms with E-state index < -0.39 is 10.0 Å². The van der Waals surface area contributed by atoms with Crippen molar-refractivity contribution in [3.05, 3.63) is 23.8 Å². The molecular formula is C22H34N2O4S2. The van der Waals surface area contributed by atoms with Gasteiger partial charge in [-0.1, -0.05) is 19.3 Å². The summed E-state index contributed by atoms with van der Waals surface area (Å²) in [5.41, 5.74) is 0.756. The first kappa shape index (κ1) is 23.4. The largest absolute Gasteiger partial charge is 0.496 e. The number of benzene rings is 1. The van der Waals surface area contributed by atoms with Gasteiger partial charge in [0.2, 0.25) is 15.9 Å². The van der Waals surface area contributed by atoms with Gasteiger partial charge in [-0.15, -0.1) is 0 Å². The standard InChI is InChI=1S/C22H34N2O4S2/c1-28-21-11-10-20(30(26,27)24-14-5-2-6-15-24)17-18(21)9-12-22(25)23-13-16-29-19-7-3-4-8-19/h10-11,17,19H,2-9,12-16H2,1H3,(H,23,25). The number of nitrogens with one attached hydrogen (secondary N) is 1. The number of methoxy groups -OCH3 is 1. The first-order valence-corrected chi connectivity index (χ1v) is 13.5. The second kappa shape index (κ2) is 11.4. The van der Waals surface area contributed by atoms with Gasteiger partial charge in [-0.25, -0.2) is 8.42 Å². The molecule has 1 saturated heterocycles. The van der Waals surface area contributed by atoms with Crippen LogP contribution < -0.4 is 10.1 Å². The highest BCUT2D eigenvalue weighted by Gasteiger charge is 2.26. The van der Waals surface area contributed by atoms with Crippen molar-refractivity contribution in [3.8, 4) is 5.75 Å². The van der Waals surface area contributed by atoms with Crippen molar-refractivity contribution < 1.29 is 17.9 Å². The number of carbonyl (C=O) groups is 1. The Labute approximate surface area is 185 Å². The zero-order valence-electron chi connectivity index (χ0n) is 17.9. The Balaban J connectivity index is 1.53. The summed E-state index contributed by atoms with van der Waals surface area (Å²) in [7, 11) is -1.93. The predicted octanol–water partition coefficient (Wildman–Crippen LogP) is 3.59. The topological polar surface area (TPSA) is 75.7 Å². The number of amides is 1. The summed E-state index contributed by atoms with van der Waals surface area (Å²) in [5, 5.41) is 3.74. The monoisotopic (exact) mass is 454 g/mol. The zero-order chi connectivity index (χ0) is 21.4. The van der Waals surface area contributed by atoms with Crippen molar-refractivity contribution in [2.24, 2.45) is 0 Å². The van der Waals surface area contributed by atoms with Crippen LogP contribution >= 0.6 is 11.8 Å². The molecule has 168 valence electrons. The Hall–Kier alpha value is -1.25. The molecule has 0 atom stereocenters. The molecule has 0 unspecified atom stereocenters. The molecule has 1 aliphatic heterocycles. The van der Waals surface area contributed by atoms with Crippen molar-refractivity contribution in [2.75, 3.05) is 32.5 Å². The zero-order valence-corrected chi connectivity index (χ0v) is 19.5. The van der Waals surface area contributed by atoms with Crippen LogP contribution in [0.1, 0.15) is 56.9 Å². The molecule has 0 bridgehead atoms. The van der Waals surface area contributed by atoms with E-state index in [4.69, 9.17) is 4.74 Å². The minimum atomic E-state index is -3.50. The summed E-state index contributed by atoms with van der Waals surface area (Å²) in [4.78, 5) is 12.5. The molecule has 0 radical (unpaired) electrons. The van der Waals surface area contributed by atoms with Gasteiger partial charge in [-0.05, 0) is 55.9 Å². The molecule has 1 amide bonds. The maximum absolute atomic E-state index is 13.0. The van der Waals surface area contributed by atoms with Crippen LogP contribution in [0.15, 0.2) is 23.1 Å². The van der Waals surface area contributed by atoms with Crippen LogP contribution in [0.3, 0.4) is 0 Å². The van der Waals surface area contributed by atoms with Gasteiger partial charge in [0, 0.05) is 37.1 Å². The summed E-state index contributed by atoms with van der Waals surface area (Å²) in [5.74, 6) is 1.56. The van der Waals surface area contributed by atoms with Crippen LogP contribution in [0, 0.1) is 0 Å². The third-order valence-electron chi connectivity index (χ3n) is 5.91. The normalized spacial score (nSPS) is 18.4. The molecule has 1 N–H and O–H groups in total. The molecule has 1 aromatic carbocycles. The van der Waals surface area contributed by atoms with Crippen molar-refractivity contribution >= 4 is 27.7 Å². The van der Waals surface area contributed by atoms with Gasteiger partial charge >= 0.3 is 0 Å². The lowest BCUT2D eigenvalue weighted by molar-refractivity contribution is -0.120. The fraction of sp³-hybridized carbons (Fsp3) is 0.682. The van der Waals surface area contributed by atoms with E-state index in [1.807, 2.05) is 11.8 Å². The highest BCUT2D eigenvalue weighted by atomic mass is 32.2. The Bertz CT molecular complexity index is 801. The van der Waals surface area contributed by atoms with Gasteiger partial charge in [0.05, 0.1) is 12.0 Å². The first-order chi connectivity index (χ1) is 14.5. The Morgan fingerprint density at radius 2 is 1.90 bits per heavy atom. The van der Waals surface area contributed by atoms with Crippen LogP contribution in [-0.2, 0) is 21.2 Å². The maximum Gasteiger partial charge on any atom is 0.243 e. The number of rotatable bonds is 10. The van der Waals surface area contributed by atoms with Crippen LogP contribution in [0.4, 0.5) is 0 Å². The number of carbonyl (C=O) groups excluding carboxylic acids is 1. The lowest BCUT2D eigenvalue weighted by Crippen LogP contribution is -2.35. The molecule has 3 rings (SSSR count). The quantitative estimate of drug-likeness (QED) is 0.547. The molecule has 1 aliphatic carbocycles. The highest BCUT2D eigenvalue weighted by Crippen LogP contribution is 2.29. The molecule has 0 spiro atoms. The molecule has 8 heteroatoms. The third kappa shape index (κ3) is 6.37. The van der Waals surface area contributed by atoms with E-state index in [0.717, 1.165) is 35.8 Å². The number of aryl methyl sites for hydroxylation is 1. The van der Waals surface area contributed by atoms with E-state index in [9.17, 15) is 13.2 Å². The number of thioether (sulfide) groups is 1. The smallest absolute Gasteiger partial charge is 0.243 e. The Morgan fingerprint density at radius 3 is 2.60 bits per heavy atom. The Kier molecular flexibility index (Phi) is 8.89. The van der Waals surface area contributed by atoms with Crippen molar-refractivity contribution in [3.63, 3.8) is 0 Å². The summed E-state index contributed by atoms with van der Waals surface area (Å²) < 4.78 is 32.9. The SMILES string of the molecule is COc1ccc(S(=O)(=O)N2CCCCC2)cc1CCC(=O)NCCSC1CCCC1. The lowest BCUT2D eigenvalue weighted by atomic mass is 10.1. The molecule has 2 fully saturated rings. The fourth-order valence-electron chi connectivity index (χ4n) is 4.17. The van der Waals surface area contributed by atoms with Crippen molar-refractivity contribution in [2.45, 2.75) is 67.9 Å². The molecule has 1 aromatic rings. The van der Waals surface area contributed by atoms with Gasteiger partial charge in [0.1, 0.15) is 5.75 Å². The number of piperidine rings is 1. The van der Waals surface area contributed by atoms with E-state index in [1.54, 1.807) is 29.6 Å². The molecule has 1 saturated carbocycles.